The van der Waals surface area contributed by atoms with Crippen LogP contribution in [0.5, 0.6) is 23.0 Å². The van der Waals surface area contributed by atoms with Crippen LogP contribution in [-0.4, -0.2) is 142 Å². The Kier molecular flexibility index (Phi) is 20.6. The van der Waals surface area contributed by atoms with Crippen molar-refractivity contribution in [1.29, 1.82) is 0 Å². The molecule has 0 saturated heterocycles. The molecule has 6 heterocycles. The second kappa shape index (κ2) is 28.5. The standard InChI is InChI=1S/C36H43ClN4O6S.C34H39ClN4O6S/c1-6-46-35(44)36-18-21(36)11-9-7-8-10-14-41(4)34(43)25-16-22(15-24(25)32(42)40-36)47-29-17-26(33-39-27(19-48-33)20(2)3)38-31-23(29)12-13-28(45-5)30(31)37;1-18(2)25-17-46-31(37-25)24-15-27(21-10-11-26(44-4)28(35)29(21)36-24)45-20-13-22-23(14-20)32(41)39(3)12-8-6-5-7-9-19-16-34(19,33(42)43)38-30(22)40/h9,11-13,17,19-22,24-25H,6-8,10,14-16,18H2,1-5H3,(H,40,42);7,9-11,15,17-20,22-23H,5-6,8,12-14,16H2,1-4H3,(H,38,40)(H,42,43)/b11-9-;9-7-/t21?,22-,24-,25-,36-;19?,20-,22-,23-,34-/m11/s1. The minimum atomic E-state index is -1.34. The van der Waals surface area contributed by atoms with Gasteiger partial charge in [-0.05, 0) is 120 Å². The van der Waals surface area contributed by atoms with Crippen molar-refractivity contribution in [3.8, 4) is 44.4 Å². The number of aliphatic carboxylic acids is 1. The molecule has 4 amide bonds. The largest absolute Gasteiger partial charge is 0.495 e. The summed E-state index contributed by atoms with van der Waals surface area (Å²) < 4.78 is 29.7. The third-order valence-corrected chi connectivity index (χ3v) is 21.7. The number of rotatable bonds is 13. The van der Waals surface area contributed by atoms with Crippen LogP contribution in [0.4, 0.5) is 0 Å². The predicted molar refractivity (Wildman–Crippen MR) is 362 cm³/mol. The second-order valence-corrected chi connectivity index (χ2v) is 28.7. The van der Waals surface area contributed by atoms with Crippen LogP contribution in [0.2, 0.25) is 10.0 Å². The Bertz CT molecular complexity index is 3950. The summed E-state index contributed by atoms with van der Waals surface area (Å²) in [5, 5.41) is 23.5. The van der Waals surface area contributed by atoms with Crippen molar-refractivity contribution >= 4 is 103 Å². The molecule has 6 aromatic rings. The van der Waals surface area contributed by atoms with Gasteiger partial charge in [-0.3, -0.25) is 19.2 Å². The summed E-state index contributed by atoms with van der Waals surface area (Å²) >= 11 is 16.5. The number of methoxy groups -OCH3 is 2. The number of amides is 4. The fraction of sp³-hybridized carbons (Fsp3) is 0.514. The number of allylic oxidation sites excluding steroid dienone is 2. The number of esters is 1. The van der Waals surface area contributed by atoms with Gasteiger partial charge < -0.3 is 49.2 Å². The molecular weight excluding hydrogens is 1280 g/mol. The van der Waals surface area contributed by atoms with Crippen LogP contribution in [0.3, 0.4) is 0 Å². The van der Waals surface area contributed by atoms with Gasteiger partial charge in [0.1, 0.15) is 77.7 Å². The molecule has 0 spiro atoms. The van der Waals surface area contributed by atoms with Gasteiger partial charge in [0.25, 0.3) is 0 Å². The van der Waals surface area contributed by atoms with Gasteiger partial charge in [0.05, 0.1) is 66.9 Å². The topological polar surface area (TPSA) is 251 Å². The van der Waals surface area contributed by atoms with Crippen molar-refractivity contribution in [2.75, 3.05) is 48.0 Å². The van der Waals surface area contributed by atoms with Crippen LogP contribution in [0.1, 0.15) is 135 Å². The van der Waals surface area contributed by atoms with Gasteiger partial charge in [-0.1, -0.05) is 75.2 Å². The van der Waals surface area contributed by atoms with Crippen LogP contribution >= 0.6 is 45.9 Å². The zero-order valence-electron chi connectivity index (χ0n) is 54.5. The normalized spacial score (nSPS) is 27.1. The van der Waals surface area contributed by atoms with E-state index in [1.807, 2.05) is 53.3 Å². The first-order valence-corrected chi connectivity index (χ1v) is 35.1. The van der Waals surface area contributed by atoms with Crippen molar-refractivity contribution in [1.82, 2.24) is 40.4 Å². The van der Waals surface area contributed by atoms with E-state index < -0.39 is 64.8 Å². The highest BCUT2D eigenvalue weighted by molar-refractivity contribution is 7.13. The van der Waals surface area contributed by atoms with Gasteiger partial charge >= 0.3 is 11.9 Å². The fourth-order valence-electron chi connectivity index (χ4n) is 13.5. The zero-order chi connectivity index (χ0) is 66.9. The SMILES string of the molecule is CCOC(=O)[C@@]12CC1/C=C\CCCCN(C)C(=O)[C@@H]1C[C@H](Oc3cc(-c4nc(C(C)C)cs4)nc4c(Cl)c(OC)ccc34)C[C@H]1C(=O)N2.COc1ccc2c(O[C@@H]3C[C@H]4C(=O)N[C@]5(C(=O)O)CC5/C=C\CCCCN(C)C(=O)[C@@H]4C3)cc(-c3nc(C(C)C)cs3)nc2c1Cl. The minimum absolute atomic E-state index is 0.0940. The third-order valence-electron chi connectivity index (χ3n) is 19.2. The van der Waals surface area contributed by atoms with Gasteiger partial charge in [-0.25, -0.2) is 29.5 Å². The molecule has 3 N–H and O–H groups in total. The first kappa shape index (κ1) is 68.0. The summed E-state index contributed by atoms with van der Waals surface area (Å²) in [6, 6.07) is 10.9. The molecular formula is C70H82Cl2N8O12S2. The predicted octanol–water partition coefficient (Wildman–Crippen LogP) is 12.6. The summed E-state index contributed by atoms with van der Waals surface area (Å²) in [5.74, 6) is -3.06. The molecule has 94 heavy (non-hydrogen) atoms. The van der Waals surface area contributed by atoms with E-state index in [1.165, 1.54) is 22.7 Å². The second-order valence-electron chi connectivity index (χ2n) is 26.2. The van der Waals surface area contributed by atoms with E-state index in [0.29, 0.717) is 111 Å². The van der Waals surface area contributed by atoms with Crippen molar-refractivity contribution in [3.05, 3.63) is 92.9 Å². The van der Waals surface area contributed by atoms with Crippen LogP contribution in [0, 0.1) is 35.5 Å². The summed E-state index contributed by atoms with van der Waals surface area (Å²) in [4.78, 5) is 104. The molecule has 24 heteroatoms. The summed E-state index contributed by atoms with van der Waals surface area (Å²) in [6.45, 7) is 11.5. The maximum atomic E-state index is 14.1. The number of ether oxygens (including phenoxy) is 5. The molecule has 4 aromatic heterocycles. The Hall–Kier alpha value is -7.40. The summed E-state index contributed by atoms with van der Waals surface area (Å²) in [7, 11) is 6.65. The molecule has 500 valence electrons. The molecule has 4 aliphatic carbocycles. The number of hydrogen-bond donors (Lipinski definition) is 3. The lowest BCUT2D eigenvalue weighted by atomic mass is 9.93. The van der Waals surface area contributed by atoms with E-state index in [1.54, 1.807) is 57.2 Å². The highest BCUT2D eigenvalue weighted by atomic mass is 35.5. The number of carbonyl (C=O) groups is 6. The molecule has 10 atom stereocenters. The van der Waals surface area contributed by atoms with Crippen molar-refractivity contribution in [3.63, 3.8) is 0 Å². The molecule has 6 aliphatic rings. The average Bonchev–Trinajstić information content (AvgIpc) is 1.55. The van der Waals surface area contributed by atoms with Gasteiger partial charge in [-0.15, -0.1) is 22.7 Å². The molecule has 2 aromatic carbocycles. The Morgan fingerprint density at radius 2 is 1.05 bits per heavy atom. The molecule has 0 bridgehead atoms. The van der Waals surface area contributed by atoms with Crippen LogP contribution in [0.15, 0.2) is 71.5 Å². The van der Waals surface area contributed by atoms with Gasteiger partial charge in [0.2, 0.25) is 23.6 Å². The van der Waals surface area contributed by atoms with E-state index in [4.69, 9.17) is 66.8 Å². The number of thiazole rings is 2. The lowest BCUT2D eigenvalue weighted by Gasteiger charge is -2.26. The van der Waals surface area contributed by atoms with E-state index in [0.717, 1.165) is 59.9 Å². The van der Waals surface area contributed by atoms with Crippen molar-refractivity contribution < 1.29 is 57.6 Å². The number of carboxylic acids is 1. The minimum Gasteiger partial charge on any atom is -0.495 e. The molecule has 4 saturated carbocycles. The Labute approximate surface area is 565 Å². The van der Waals surface area contributed by atoms with Crippen LogP contribution in [-0.2, 0) is 33.5 Å². The highest BCUT2D eigenvalue weighted by Crippen LogP contribution is 2.50. The van der Waals surface area contributed by atoms with Crippen molar-refractivity contribution in [2.24, 2.45) is 35.5 Å². The number of carboxylic acid groups (broad SMARTS) is 1. The first-order chi connectivity index (χ1) is 45.1. The van der Waals surface area contributed by atoms with Gasteiger partial charge in [0.15, 0.2) is 0 Å². The van der Waals surface area contributed by atoms with E-state index in [9.17, 15) is 33.9 Å². The number of hydrogen-bond acceptors (Lipinski definition) is 17. The summed E-state index contributed by atoms with van der Waals surface area (Å²) in [6.07, 6.45) is 14.1. The fourth-order valence-corrected chi connectivity index (χ4v) is 15.9. The maximum Gasteiger partial charge on any atom is 0.332 e. The van der Waals surface area contributed by atoms with Gasteiger partial charge in [-0.2, -0.15) is 0 Å². The smallest absolute Gasteiger partial charge is 0.332 e. The number of nitrogens with zero attached hydrogens (tertiary/aromatic N) is 6. The number of pyridine rings is 2. The van der Waals surface area contributed by atoms with E-state index in [2.05, 4.69) is 44.4 Å². The number of benzene rings is 2. The average molecular weight is 1360 g/mol. The zero-order valence-corrected chi connectivity index (χ0v) is 57.6. The molecule has 20 nitrogen and oxygen atoms in total. The van der Waals surface area contributed by atoms with Gasteiger partial charge in [0, 0.05) is 72.7 Å². The molecule has 2 unspecified atom stereocenters. The molecule has 4 fully saturated rings. The number of halogens is 2. The lowest BCUT2D eigenvalue weighted by Crippen LogP contribution is -2.50. The number of fused-ring (bicyclic) bond motifs is 6. The third kappa shape index (κ3) is 14.0. The molecule has 0 radical (unpaired) electrons. The first-order valence-electron chi connectivity index (χ1n) is 32.6. The van der Waals surface area contributed by atoms with E-state index >= 15 is 0 Å². The Balaban J connectivity index is 0.000000192. The van der Waals surface area contributed by atoms with Crippen LogP contribution < -0.4 is 29.6 Å². The quantitative estimate of drug-likeness (QED) is 0.0718. The molecule has 2 aliphatic heterocycles. The Morgan fingerprint density at radius 3 is 1.47 bits per heavy atom. The lowest BCUT2D eigenvalue weighted by molar-refractivity contribution is -0.150. The van der Waals surface area contributed by atoms with Crippen LogP contribution in [0.25, 0.3) is 43.2 Å². The number of nitrogens with one attached hydrogen (secondary N) is 2. The monoisotopic (exact) mass is 1360 g/mol. The summed E-state index contributed by atoms with van der Waals surface area (Å²) in [5.41, 5.74) is 1.69. The number of carbonyl (C=O) groups excluding carboxylic acids is 5. The maximum absolute atomic E-state index is 14.1. The Morgan fingerprint density at radius 1 is 0.628 bits per heavy atom. The number of aromatic nitrogens is 4. The molecule has 12 rings (SSSR count). The van der Waals surface area contributed by atoms with Crippen molar-refractivity contribution in [2.45, 2.75) is 147 Å². The van der Waals surface area contributed by atoms with E-state index in [-0.39, 0.29) is 54.4 Å². The highest BCUT2D eigenvalue weighted by Gasteiger charge is 2.63.